The van der Waals surface area contributed by atoms with E-state index in [4.69, 9.17) is 14.5 Å². The number of aromatic nitrogens is 5. The summed E-state index contributed by atoms with van der Waals surface area (Å²) in [6, 6.07) is 8.03. The van der Waals surface area contributed by atoms with Gasteiger partial charge in [-0.05, 0) is 37.1 Å². The van der Waals surface area contributed by atoms with E-state index in [-0.39, 0.29) is 0 Å². The molecule has 1 saturated heterocycles. The fourth-order valence-electron chi connectivity index (χ4n) is 3.59. The van der Waals surface area contributed by atoms with Gasteiger partial charge in [0.05, 0.1) is 5.69 Å². The third kappa shape index (κ3) is 3.60. The maximum absolute atomic E-state index is 5.50. The Hall–Kier alpha value is -2.87. The molecular formula is C21H22N6OS. The molecule has 4 aromatic heterocycles. The molecule has 1 aliphatic rings. The van der Waals surface area contributed by atoms with E-state index in [9.17, 15) is 0 Å². The number of thiazole rings is 1. The molecule has 0 aliphatic carbocycles. The molecule has 0 atom stereocenters. The van der Waals surface area contributed by atoms with Gasteiger partial charge in [0.25, 0.3) is 0 Å². The predicted octanol–water partition coefficient (Wildman–Crippen LogP) is 4.64. The average Bonchev–Trinajstić information content (AvgIpc) is 3.41. The Kier molecular flexibility index (Phi) is 4.71. The quantitative estimate of drug-likeness (QED) is 0.488. The lowest BCUT2D eigenvalue weighted by atomic mass is 9.97. The van der Waals surface area contributed by atoms with Gasteiger partial charge < -0.3 is 9.42 Å². The fraction of sp³-hybridized carbons (Fsp3) is 0.381. The maximum Gasteiger partial charge on any atom is 0.229 e. The molecule has 0 amide bonds. The van der Waals surface area contributed by atoms with Crippen molar-refractivity contribution in [1.29, 1.82) is 0 Å². The molecule has 148 valence electrons. The normalized spacial score (nSPS) is 15.5. The summed E-state index contributed by atoms with van der Waals surface area (Å²) in [5.74, 6) is 2.20. The van der Waals surface area contributed by atoms with Gasteiger partial charge in [-0.2, -0.15) is 4.98 Å². The Morgan fingerprint density at radius 1 is 1.03 bits per heavy atom. The highest BCUT2D eigenvalue weighted by atomic mass is 32.1. The molecule has 0 spiro atoms. The molecule has 8 heteroatoms. The molecule has 7 nitrogen and oxygen atoms in total. The molecule has 0 aromatic carbocycles. The number of rotatable bonds is 4. The third-order valence-corrected chi connectivity index (χ3v) is 6.33. The smallest absolute Gasteiger partial charge is 0.229 e. The molecule has 1 fully saturated rings. The van der Waals surface area contributed by atoms with E-state index in [0.717, 1.165) is 64.4 Å². The number of nitrogens with zero attached hydrogens (tertiary/aromatic N) is 6. The number of anilines is 1. The second kappa shape index (κ2) is 7.51. The van der Waals surface area contributed by atoms with E-state index in [1.807, 2.05) is 18.2 Å². The molecule has 5 rings (SSSR count). The van der Waals surface area contributed by atoms with Crippen LogP contribution in [0.1, 0.15) is 50.2 Å². The highest BCUT2D eigenvalue weighted by molar-refractivity contribution is 7.21. The van der Waals surface area contributed by atoms with Crippen molar-refractivity contribution in [3.63, 3.8) is 0 Å². The van der Waals surface area contributed by atoms with E-state index in [2.05, 4.69) is 39.9 Å². The first-order chi connectivity index (χ1) is 14.2. The van der Waals surface area contributed by atoms with Gasteiger partial charge in [-0.15, -0.1) is 0 Å². The minimum absolute atomic E-state index is 0.292. The van der Waals surface area contributed by atoms with Crippen molar-refractivity contribution in [3.05, 3.63) is 48.4 Å². The highest BCUT2D eigenvalue weighted by Gasteiger charge is 2.27. The lowest BCUT2D eigenvalue weighted by Gasteiger charge is -2.29. The molecule has 5 heterocycles. The van der Waals surface area contributed by atoms with E-state index in [1.165, 1.54) is 0 Å². The second-order valence-corrected chi connectivity index (χ2v) is 8.62. The van der Waals surface area contributed by atoms with Crippen molar-refractivity contribution in [3.8, 4) is 11.3 Å². The van der Waals surface area contributed by atoms with Crippen LogP contribution < -0.4 is 4.90 Å². The fourth-order valence-corrected chi connectivity index (χ4v) is 4.58. The van der Waals surface area contributed by atoms with Gasteiger partial charge in [-0.25, -0.2) is 9.97 Å². The molecule has 4 aromatic rings. The zero-order valence-corrected chi connectivity index (χ0v) is 17.3. The molecule has 29 heavy (non-hydrogen) atoms. The zero-order valence-electron chi connectivity index (χ0n) is 16.4. The van der Waals surface area contributed by atoms with Crippen molar-refractivity contribution < 1.29 is 4.52 Å². The van der Waals surface area contributed by atoms with Crippen LogP contribution in [0.2, 0.25) is 0 Å². The predicted molar refractivity (Wildman–Crippen MR) is 113 cm³/mol. The minimum atomic E-state index is 0.292. The van der Waals surface area contributed by atoms with Crippen LogP contribution in [0, 0.1) is 0 Å². The summed E-state index contributed by atoms with van der Waals surface area (Å²) >= 11 is 1.65. The van der Waals surface area contributed by atoms with Crippen LogP contribution in [0.5, 0.6) is 0 Å². The molecule has 0 radical (unpaired) electrons. The molecular weight excluding hydrogens is 384 g/mol. The Balaban J connectivity index is 1.31. The van der Waals surface area contributed by atoms with Gasteiger partial charge in [0.15, 0.2) is 11.0 Å². The topological polar surface area (TPSA) is 80.8 Å². The molecule has 1 aliphatic heterocycles. The summed E-state index contributed by atoms with van der Waals surface area (Å²) in [5.41, 5.74) is 2.97. The Bertz CT molecular complexity index is 1110. The number of pyridine rings is 2. The van der Waals surface area contributed by atoms with E-state index >= 15 is 0 Å². The van der Waals surface area contributed by atoms with Gasteiger partial charge in [-0.3, -0.25) is 4.98 Å². The summed E-state index contributed by atoms with van der Waals surface area (Å²) in [7, 11) is 0. The standard InChI is InChI=1S/C21H22N6OS/c1-13(2)18-25-19(28-26-18)15-7-11-27(12-8-15)21-24-17-4-3-16(23-20(17)29-21)14-5-9-22-10-6-14/h3-6,9-10,13,15H,7-8,11-12H2,1-2H3. The first-order valence-electron chi connectivity index (χ1n) is 9.94. The molecule has 0 unspecified atom stereocenters. The van der Waals surface area contributed by atoms with Gasteiger partial charge in [0.2, 0.25) is 5.89 Å². The van der Waals surface area contributed by atoms with Gasteiger partial charge in [-0.1, -0.05) is 30.3 Å². The summed E-state index contributed by atoms with van der Waals surface area (Å²) < 4.78 is 5.50. The van der Waals surface area contributed by atoms with Crippen molar-refractivity contribution in [1.82, 2.24) is 25.1 Å². The first kappa shape index (κ1) is 18.2. The molecule has 0 bridgehead atoms. The number of fused-ring (bicyclic) bond motifs is 1. The van der Waals surface area contributed by atoms with Crippen LogP contribution in [0.3, 0.4) is 0 Å². The van der Waals surface area contributed by atoms with Crippen LogP contribution >= 0.6 is 11.3 Å². The minimum Gasteiger partial charge on any atom is -0.348 e. The Morgan fingerprint density at radius 2 is 1.83 bits per heavy atom. The molecule has 0 N–H and O–H groups in total. The van der Waals surface area contributed by atoms with Crippen LogP contribution in [0.15, 0.2) is 41.2 Å². The first-order valence-corrected chi connectivity index (χ1v) is 10.8. The van der Waals surface area contributed by atoms with Gasteiger partial charge in [0.1, 0.15) is 10.3 Å². The number of piperidine rings is 1. The van der Waals surface area contributed by atoms with Gasteiger partial charge in [0, 0.05) is 42.9 Å². The second-order valence-electron chi connectivity index (χ2n) is 7.66. The highest BCUT2D eigenvalue weighted by Crippen LogP contribution is 2.34. The van der Waals surface area contributed by atoms with Crippen LogP contribution in [0.4, 0.5) is 5.13 Å². The van der Waals surface area contributed by atoms with Crippen LogP contribution in [0.25, 0.3) is 21.6 Å². The lowest BCUT2D eigenvalue weighted by molar-refractivity contribution is 0.326. The summed E-state index contributed by atoms with van der Waals surface area (Å²) in [6.07, 6.45) is 5.56. The SMILES string of the molecule is CC(C)c1noc(C2CCN(c3nc4ccc(-c5ccncc5)nc4s3)CC2)n1. The summed E-state index contributed by atoms with van der Waals surface area (Å²) in [6.45, 7) is 6.03. The summed E-state index contributed by atoms with van der Waals surface area (Å²) in [4.78, 5) is 21.6. The summed E-state index contributed by atoms with van der Waals surface area (Å²) in [5, 5.41) is 5.14. The number of hydrogen-bond donors (Lipinski definition) is 0. The molecule has 0 saturated carbocycles. The van der Waals surface area contributed by atoms with Crippen LogP contribution in [-0.2, 0) is 0 Å². The maximum atomic E-state index is 5.50. The van der Waals surface area contributed by atoms with E-state index in [0.29, 0.717) is 11.8 Å². The average molecular weight is 407 g/mol. The largest absolute Gasteiger partial charge is 0.348 e. The Morgan fingerprint density at radius 3 is 2.55 bits per heavy atom. The van der Waals surface area contributed by atoms with Gasteiger partial charge >= 0.3 is 0 Å². The van der Waals surface area contributed by atoms with E-state index in [1.54, 1.807) is 23.7 Å². The lowest BCUT2D eigenvalue weighted by Crippen LogP contribution is -2.32. The third-order valence-electron chi connectivity index (χ3n) is 5.31. The van der Waals surface area contributed by atoms with Crippen molar-refractivity contribution >= 4 is 26.8 Å². The Labute approximate surface area is 172 Å². The van der Waals surface area contributed by atoms with E-state index < -0.39 is 0 Å². The van der Waals surface area contributed by atoms with Crippen molar-refractivity contribution in [2.75, 3.05) is 18.0 Å². The number of hydrogen-bond acceptors (Lipinski definition) is 8. The van der Waals surface area contributed by atoms with Crippen LogP contribution in [-0.4, -0.2) is 38.2 Å². The van der Waals surface area contributed by atoms with Crippen molar-refractivity contribution in [2.45, 2.75) is 38.5 Å². The zero-order chi connectivity index (χ0) is 19.8. The monoisotopic (exact) mass is 406 g/mol. The van der Waals surface area contributed by atoms with Crippen molar-refractivity contribution in [2.24, 2.45) is 0 Å².